The molecular weight excluding hydrogens is 358 g/mol. The number of hydrogen-bond donors (Lipinski definition) is 1. The van der Waals surface area contributed by atoms with Crippen molar-refractivity contribution in [1.82, 2.24) is 0 Å². The maximum Gasteiger partial charge on any atom is 0.291 e. The number of rotatable bonds is 4. The van der Waals surface area contributed by atoms with Crippen molar-refractivity contribution in [1.29, 1.82) is 0 Å². The molecule has 5 heteroatoms. The Morgan fingerprint density at radius 3 is 2.61 bits per heavy atom. The second-order valence-corrected chi connectivity index (χ2v) is 5.77. The summed E-state index contributed by atoms with van der Waals surface area (Å²) in [6.07, 6.45) is 0. The van der Waals surface area contributed by atoms with E-state index in [4.69, 9.17) is 9.15 Å². The average molecular weight is 372 g/mol. The van der Waals surface area contributed by atoms with E-state index in [0.29, 0.717) is 17.2 Å². The predicted octanol–water partition coefficient (Wildman–Crippen LogP) is 4.97. The molecule has 4 nitrogen and oxygen atoms in total. The molecule has 0 saturated heterocycles. The van der Waals surface area contributed by atoms with E-state index in [-0.39, 0.29) is 11.7 Å². The highest BCUT2D eigenvalue weighted by Gasteiger charge is 2.12. The molecule has 2 aromatic carbocycles. The number of hydrogen-bond acceptors (Lipinski definition) is 3. The standard InChI is InChI=1S/C18H14BrNO3/c1-22-15-4-2-3-14(11-15)20-18(21)17-10-9-16(23-17)12-5-7-13(19)8-6-12/h2-11H,1H3,(H,20,21). The van der Waals surface area contributed by atoms with Gasteiger partial charge in [-0.05, 0) is 36.4 Å². The number of carbonyl (C=O) groups excluding carboxylic acids is 1. The highest BCUT2D eigenvalue weighted by molar-refractivity contribution is 9.10. The first kappa shape index (κ1) is 15.4. The lowest BCUT2D eigenvalue weighted by Crippen LogP contribution is -2.10. The Morgan fingerprint density at radius 2 is 1.87 bits per heavy atom. The molecule has 0 aliphatic rings. The van der Waals surface area contributed by atoms with E-state index in [1.807, 2.05) is 36.4 Å². The first-order valence-electron chi connectivity index (χ1n) is 6.97. The van der Waals surface area contributed by atoms with E-state index in [1.54, 1.807) is 31.4 Å². The van der Waals surface area contributed by atoms with Gasteiger partial charge >= 0.3 is 0 Å². The minimum absolute atomic E-state index is 0.255. The van der Waals surface area contributed by atoms with Gasteiger partial charge in [0.25, 0.3) is 5.91 Å². The Bertz CT molecular complexity index is 824. The lowest BCUT2D eigenvalue weighted by Gasteiger charge is -2.05. The first-order chi connectivity index (χ1) is 11.2. The summed E-state index contributed by atoms with van der Waals surface area (Å²) in [5.74, 6) is 1.28. The lowest BCUT2D eigenvalue weighted by molar-refractivity contribution is 0.0997. The van der Waals surface area contributed by atoms with Crippen LogP contribution in [-0.2, 0) is 0 Å². The zero-order chi connectivity index (χ0) is 16.2. The van der Waals surface area contributed by atoms with Crippen molar-refractivity contribution >= 4 is 27.5 Å². The van der Waals surface area contributed by atoms with Gasteiger partial charge in [-0.25, -0.2) is 0 Å². The van der Waals surface area contributed by atoms with E-state index in [2.05, 4.69) is 21.2 Å². The van der Waals surface area contributed by atoms with Gasteiger partial charge in [0.2, 0.25) is 0 Å². The van der Waals surface area contributed by atoms with Gasteiger partial charge in [-0.15, -0.1) is 0 Å². The minimum Gasteiger partial charge on any atom is -0.497 e. The summed E-state index contributed by atoms with van der Waals surface area (Å²) in [4.78, 5) is 12.3. The zero-order valence-corrected chi connectivity index (χ0v) is 14.0. The number of ether oxygens (including phenoxy) is 1. The van der Waals surface area contributed by atoms with Crippen LogP contribution in [0, 0.1) is 0 Å². The van der Waals surface area contributed by atoms with Crippen molar-refractivity contribution in [2.24, 2.45) is 0 Å². The Hall–Kier alpha value is -2.53. The summed E-state index contributed by atoms with van der Waals surface area (Å²) in [6, 6.07) is 18.3. The molecule has 1 heterocycles. The molecule has 0 saturated carbocycles. The molecule has 1 N–H and O–H groups in total. The van der Waals surface area contributed by atoms with Gasteiger partial charge < -0.3 is 14.5 Å². The fourth-order valence-corrected chi connectivity index (χ4v) is 2.39. The summed E-state index contributed by atoms with van der Waals surface area (Å²) in [6.45, 7) is 0. The van der Waals surface area contributed by atoms with Crippen LogP contribution in [-0.4, -0.2) is 13.0 Å². The molecule has 0 bridgehead atoms. The second-order valence-electron chi connectivity index (χ2n) is 4.86. The van der Waals surface area contributed by atoms with E-state index in [9.17, 15) is 4.79 Å². The van der Waals surface area contributed by atoms with Gasteiger partial charge in [-0.1, -0.05) is 34.1 Å². The molecular formula is C18H14BrNO3. The molecule has 23 heavy (non-hydrogen) atoms. The Kier molecular flexibility index (Phi) is 4.48. The zero-order valence-electron chi connectivity index (χ0n) is 12.4. The quantitative estimate of drug-likeness (QED) is 0.704. The normalized spacial score (nSPS) is 10.3. The van der Waals surface area contributed by atoms with Crippen molar-refractivity contribution in [2.45, 2.75) is 0 Å². The molecule has 1 amide bonds. The molecule has 0 unspecified atom stereocenters. The summed E-state index contributed by atoms with van der Waals surface area (Å²) in [5.41, 5.74) is 1.56. The Morgan fingerprint density at radius 1 is 1.09 bits per heavy atom. The third kappa shape index (κ3) is 3.63. The SMILES string of the molecule is COc1cccc(NC(=O)c2ccc(-c3ccc(Br)cc3)o2)c1. The van der Waals surface area contributed by atoms with Crippen LogP contribution in [0.25, 0.3) is 11.3 Å². The number of amides is 1. The van der Waals surface area contributed by atoms with Crippen LogP contribution < -0.4 is 10.1 Å². The van der Waals surface area contributed by atoms with Crippen LogP contribution >= 0.6 is 15.9 Å². The lowest BCUT2D eigenvalue weighted by atomic mass is 10.2. The minimum atomic E-state index is -0.304. The summed E-state index contributed by atoms with van der Waals surface area (Å²) in [7, 11) is 1.58. The summed E-state index contributed by atoms with van der Waals surface area (Å²) in [5, 5.41) is 2.79. The van der Waals surface area contributed by atoms with Crippen LogP contribution in [0.2, 0.25) is 0 Å². The van der Waals surface area contributed by atoms with E-state index in [1.165, 1.54) is 0 Å². The summed E-state index contributed by atoms with van der Waals surface area (Å²) >= 11 is 3.39. The molecule has 1 aromatic heterocycles. The van der Waals surface area contributed by atoms with E-state index in [0.717, 1.165) is 10.0 Å². The van der Waals surface area contributed by atoms with Crippen molar-refractivity contribution < 1.29 is 13.9 Å². The maximum atomic E-state index is 12.3. The Balaban J connectivity index is 1.76. The molecule has 0 aliphatic carbocycles. The molecule has 0 atom stereocenters. The van der Waals surface area contributed by atoms with Gasteiger partial charge in [0, 0.05) is 21.8 Å². The number of methoxy groups -OCH3 is 1. The molecule has 0 spiro atoms. The molecule has 3 aromatic rings. The Labute approximate surface area is 142 Å². The third-order valence-corrected chi connectivity index (χ3v) is 3.81. The molecule has 116 valence electrons. The number of anilines is 1. The van der Waals surface area contributed by atoms with E-state index < -0.39 is 0 Å². The molecule has 3 rings (SSSR count). The van der Waals surface area contributed by atoms with Gasteiger partial charge in [-0.2, -0.15) is 0 Å². The number of benzene rings is 2. The van der Waals surface area contributed by atoms with Gasteiger partial charge in [0.1, 0.15) is 11.5 Å². The molecule has 0 fully saturated rings. The van der Waals surface area contributed by atoms with Crippen LogP contribution in [0.5, 0.6) is 5.75 Å². The van der Waals surface area contributed by atoms with Crippen LogP contribution in [0.3, 0.4) is 0 Å². The van der Waals surface area contributed by atoms with Crippen molar-refractivity contribution in [3.63, 3.8) is 0 Å². The number of carbonyl (C=O) groups is 1. The summed E-state index contributed by atoms with van der Waals surface area (Å²) < 4.78 is 11.8. The maximum absolute atomic E-state index is 12.3. The van der Waals surface area contributed by atoms with Crippen molar-refractivity contribution in [2.75, 3.05) is 12.4 Å². The predicted molar refractivity (Wildman–Crippen MR) is 92.8 cm³/mol. The third-order valence-electron chi connectivity index (χ3n) is 3.29. The molecule has 0 radical (unpaired) electrons. The monoisotopic (exact) mass is 371 g/mol. The largest absolute Gasteiger partial charge is 0.497 e. The topological polar surface area (TPSA) is 51.5 Å². The van der Waals surface area contributed by atoms with Crippen LogP contribution in [0.15, 0.2) is 69.6 Å². The van der Waals surface area contributed by atoms with Crippen molar-refractivity contribution in [3.8, 4) is 17.1 Å². The van der Waals surface area contributed by atoms with Gasteiger partial charge in [-0.3, -0.25) is 4.79 Å². The second kappa shape index (κ2) is 6.71. The highest BCUT2D eigenvalue weighted by Crippen LogP contribution is 2.25. The molecule has 0 aliphatic heterocycles. The number of furan rings is 1. The van der Waals surface area contributed by atoms with Gasteiger partial charge in [0.05, 0.1) is 7.11 Å². The van der Waals surface area contributed by atoms with Crippen LogP contribution in [0.4, 0.5) is 5.69 Å². The number of halogens is 1. The fourth-order valence-electron chi connectivity index (χ4n) is 2.12. The van der Waals surface area contributed by atoms with E-state index >= 15 is 0 Å². The fraction of sp³-hybridized carbons (Fsp3) is 0.0556. The van der Waals surface area contributed by atoms with Gasteiger partial charge in [0.15, 0.2) is 5.76 Å². The first-order valence-corrected chi connectivity index (χ1v) is 7.76. The van der Waals surface area contributed by atoms with Crippen molar-refractivity contribution in [3.05, 3.63) is 70.9 Å². The average Bonchev–Trinajstić information content (AvgIpc) is 3.06. The smallest absolute Gasteiger partial charge is 0.291 e. The highest BCUT2D eigenvalue weighted by atomic mass is 79.9. The van der Waals surface area contributed by atoms with Crippen LogP contribution in [0.1, 0.15) is 10.6 Å². The number of nitrogens with one attached hydrogen (secondary N) is 1.